The summed E-state index contributed by atoms with van der Waals surface area (Å²) in [6, 6.07) is 17.6. The van der Waals surface area contributed by atoms with Crippen molar-refractivity contribution in [1.82, 2.24) is 4.98 Å². The number of hydrogen-bond acceptors (Lipinski definition) is 4. The average molecular weight is 380 g/mol. The summed E-state index contributed by atoms with van der Waals surface area (Å²) in [7, 11) is 0. The highest BCUT2D eigenvalue weighted by Gasteiger charge is 2.08. The van der Waals surface area contributed by atoms with Crippen molar-refractivity contribution in [2.45, 2.75) is 13.5 Å². The highest BCUT2D eigenvalue weighted by Crippen LogP contribution is 2.17. The molecular formula is C21H18ClN3O2. The van der Waals surface area contributed by atoms with E-state index < -0.39 is 0 Å². The van der Waals surface area contributed by atoms with Gasteiger partial charge in [0.25, 0.3) is 5.91 Å². The summed E-state index contributed by atoms with van der Waals surface area (Å²) in [5, 5.41) is 6.65. The SMILES string of the molecule is CC(=O)c1ccc(NC(=O)c2ccnc(NCc3ccccc3Cl)c2)cc1. The van der Waals surface area contributed by atoms with Crippen LogP contribution in [-0.4, -0.2) is 16.7 Å². The third-order valence-corrected chi connectivity index (χ3v) is 4.36. The molecule has 3 rings (SSSR count). The number of Topliss-reactive ketones (excluding diaryl/α,β-unsaturated/α-hetero) is 1. The predicted octanol–water partition coefficient (Wildman–Crippen LogP) is 4.80. The van der Waals surface area contributed by atoms with Crippen molar-refractivity contribution in [3.63, 3.8) is 0 Å². The molecule has 2 N–H and O–H groups in total. The van der Waals surface area contributed by atoms with Gasteiger partial charge >= 0.3 is 0 Å². The van der Waals surface area contributed by atoms with Crippen LogP contribution in [0.25, 0.3) is 0 Å². The molecule has 0 saturated heterocycles. The van der Waals surface area contributed by atoms with Gasteiger partial charge in [-0.15, -0.1) is 0 Å². The summed E-state index contributed by atoms with van der Waals surface area (Å²) in [4.78, 5) is 28.0. The molecule has 27 heavy (non-hydrogen) atoms. The number of amides is 1. The lowest BCUT2D eigenvalue weighted by Crippen LogP contribution is -2.13. The number of anilines is 2. The molecule has 1 amide bonds. The predicted molar refractivity (Wildman–Crippen MR) is 107 cm³/mol. The van der Waals surface area contributed by atoms with Crippen molar-refractivity contribution in [2.24, 2.45) is 0 Å². The summed E-state index contributed by atoms with van der Waals surface area (Å²) in [6.07, 6.45) is 1.57. The monoisotopic (exact) mass is 379 g/mol. The molecule has 0 radical (unpaired) electrons. The third kappa shape index (κ3) is 4.92. The first-order valence-electron chi connectivity index (χ1n) is 8.38. The van der Waals surface area contributed by atoms with Gasteiger partial charge in [0.1, 0.15) is 5.82 Å². The number of rotatable bonds is 6. The second-order valence-electron chi connectivity index (χ2n) is 5.96. The summed E-state index contributed by atoms with van der Waals surface area (Å²) in [5.74, 6) is 0.305. The fourth-order valence-electron chi connectivity index (χ4n) is 2.49. The Morgan fingerprint density at radius 1 is 1.00 bits per heavy atom. The zero-order chi connectivity index (χ0) is 19.2. The lowest BCUT2D eigenvalue weighted by Gasteiger charge is -2.09. The number of aromatic nitrogens is 1. The number of pyridine rings is 1. The van der Waals surface area contributed by atoms with Gasteiger partial charge < -0.3 is 10.6 Å². The number of halogens is 1. The molecule has 0 aliphatic rings. The smallest absolute Gasteiger partial charge is 0.255 e. The van der Waals surface area contributed by atoms with Crippen LogP contribution in [0.3, 0.4) is 0 Å². The second-order valence-corrected chi connectivity index (χ2v) is 6.37. The van der Waals surface area contributed by atoms with Gasteiger partial charge in [0.2, 0.25) is 0 Å². The Labute approximate surface area is 162 Å². The lowest BCUT2D eigenvalue weighted by molar-refractivity contribution is 0.101. The lowest BCUT2D eigenvalue weighted by atomic mass is 10.1. The molecule has 6 heteroatoms. The van der Waals surface area contributed by atoms with Crippen molar-refractivity contribution < 1.29 is 9.59 Å². The first-order valence-corrected chi connectivity index (χ1v) is 8.76. The second kappa shape index (κ2) is 8.47. The van der Waals surface area contributed by atoms with Crippen LogP contribution in [0.2, 0.25) is 5.02 Å². The van der Waals surface area contributed by atoms with Gasteiger partial charge in [-0.05, 0) is 55.0 Å². The number of hydrogen-bond donors (Lipinski definition) is 2. The number of nitrogens with one attached hydrogen (secondary N) is 2. The Morgan fingerprint density at radius 3 is 2.44 bits per heavy atom. The summed E-state index contributed by atoms with van der Waals surface area (Å²) >= 11 is 6.15. The van der Waals surface area contributed by atoms with E-state index in [2.05, 4.69) is 15.6 Å². The van der Waals surface area contributed by atoms with Crippen molar-refractivity contribution in [3.8, 4) is 0 Å². The van der Waals surface area contributed by atoms with E-state index in [1.54, 1.807) is 42.6 Å². The first-order chi connectivity index (χ1) is 13.0. The van der Waals surface area contributed by atoms with Crippen LogP contribution in [0.5, 0.6) is 0 Å². The molecule has 0 aliphatic heterocycles. The summed E-state index contributed by atoms with van der Waals surface area (Å²) in [6.45, 7) is 2.01. The van der Waals surface area contributed by atoms with Gasteiger partial charge in [-0.1, -0.05) is 29.8 Å². The molecule has 0 saturated carbocycles. The molecule has 5 nitrogen and oxygen atoms in total. The van der Waals surface area contributed by atoms with Crippen molar-refractivity contribution in [2.75, 3.05) is 10.6 Å². The highest BCUT2D eigenvalue weighted by atomic mass is 35.5. The molecule has 0 fully saturated rings. The van der Waals surface area contributed by atoms with Gasteiger partial charge in [0, 0.05) is 34.6 Å². The molecule has 0 bridgehead atoms. The van der Waals surface area contributed by atoms with Gasteiger partial charge in [-0.3, -0.25) is 9.59 Å². The first kappa shape index (κ1) is 18.6. The van der Waals surface area contributed by atoms with Crippen LogP contribution in [0.15, 0.2) is 66.9 Å². The highest BCUT2D eigenvalue weighted by molar-refractivity contribution is 6.31. The average Bonchev–Trinajstić information content (AvgIpc) is 2.68. The Hall–Kier alpha value is -3.18. The van der Waals surface area contributed by atoms with Crippen molar-refractivity contribution in [3.05, 3.63) is 88.6 Å². The van der Waals surface area contributed by atoms with Crippen LogP contribution in [-0.2, 0) is 6.54 Å². The fraction of sp³-hybridized carbons (Fsp3) is 0.0952. The maximum absolute atomic E-state index is 12.5. The summed E-state index contributed by atoms with van der Waals surface area (Å²) < 4.78 is 0. The fourth-order valence-corrected chi connectivity index (χ4v) is 2.69. The Kier molecular flexibility index (Phi) is 5.84. The zero-order valence-corrected chi connectivity index (χ0v) is 15.5. The van der Waals surface area contributed by atoms with Crippen molar-refractivity contribution >= 4 is 34.8 Å². The number of carbonyl (C=O) groups is 2. The van der Waals surface area contributed by atoms with E-state index in [-0.39, 0.29) is 11.7 Å². The van der Waals surface area contributed by atoms with E-state index in [4.69, 9.17) is 11.6 Å². The van der Waals surface area contributed by atoms with Gasteiger partial charge in [0.05, 0.1) is 0 Å². The largest absolute Gasteiger partial charge is 0.366 e. The van der Waals surface area contributed by atoms with Crippen LogP contribution in [0.4, 0.5) is 11.5 Å². The molecule has 1 aromatic heterocycles. The van der Waals surface area contributed by atoms with Gasteiger partial charge in [0.15, 0.2) is 5.78 Å². The Morgan fingerprint density at radius 2 is 1.74 bits per heavy atom. The quantitative estimate of drug-likeness (QED) is 0.603. The number of ketones is 1. The van der Waals surface area contributed by atoms with E-state index in [1.165, 1.54) is 6.92 Å². The molecule has 0 spiro atoms. The zero-order valence-electron chi connectivity index (χ0n) is 14.7. The molecule has 1 heterocycles. The van der Waals surface area contributed by atoms with Crippen LogP contribution in [0, 0.1) is 0 Å². The number of carbonyl (C=O) groups excluding carboxylic acids is 2. The van der Waals surface area contributed by atoms with Crippen molar-refractivity contribution in [1.29, 1.82) is 0 Å². The molecule has 0 unspecified atom stereocenters. The minimum Gasteiger partial charge on any atom is -0.366 e. The van der Waals surface area contributed by atoms with Crippen LogP contribution < -0.4 is 10.6 Å². The van der Waals surface area contributed by atoms with E-state index in [9.17, 15) is 9.59 Å². The standard InChI is InChI=1S/C21H18ClN3O2/c1-14(26)15-6-8-18(9-7-15)25-21(27)16-10-11-23-20(12-16)24-13-17-4-2-3-5-19(17)22/h2-12H,13H2,1H3,(H,23,24)(H,25,27). The van der Waals surface area contributed by atoms with Gasteiger partial charge in [-0.2, -0.15) is 0 Å². The van der Waals surface area contributed by atoms with Crippen LogP contribution >= 0.6 is 11.6 Å². The topological polar surface area (TPSA) is 71.1 Å². The number of benzene rings is 2. The molecule has 136 valence electrons. The minimum absolute atomic E-state index is 0.0174. The molecule has 0 aliphatic carbocycles. The molecular weight excluding hydrogens is 362 g/mol. The summed E-state index contributed by atoms with van der Waals surface area (Å²) in [5.41, 5.74) is 2.64. The van der Waals surface area contributed by atoms with Crippen LogP contribution in [0.1, 0.15) is 33.2 Å². The number of nitrogens with zero attached hydrogens (tertiary/aromatic N) is 1. The minimum atomic E-state index is -0.256. The Bertz CT molecular complexity index is 971. The van der Waals surface area contributed by atoms with E-state index in [0.29, 0.717) is 34.2 Å². The molecule has 2 aromatic carbocycles. The van der Waals surface area contributed by atoms with E-state index in [0.717, 1.165) is 5.56 Å². The van der Waals surface area contributed by atoms with E-state index >= 15 is 0 Å². The molecule has 0 atom stereocenters. The third-order valence-electron chi connectivity index (χ3n) is 3.99. The normalized spacial score (nSPS) is 10.3. The Balaban J connectivity index is 1.66. The van der Waals surface area contributed by atoms with Gasteiger partial charge in [-0.25, -0.2) is 4.98 Å². The van der Waals surface area contributed by atoms with E-state index in [1.807, 2.05) is 24.3 Å². The maximum Gasteiger partial charge on any atom is 0.255 e. The molecule has 3 aromatic rings. The maximum atomic E-state index is 12.5.